The third-order valence-electron chi connectivity index (χ3n) is 6.76. The molecule has 38 heavy (non-hydrogen) atoms. The molecule has 2 heterocycles. The number of likely N-dealkylation sites (N-methyl/N-ethyl adjacent to an activating group) is 1. The van der Waals surface area contributed by atoms with E-state index < -0.39 is 61.4 Å². The fourth-order valence-corrected chi connectivity index (χ4v) is 4.66. The second-order valence-corrected chi connectivity index (χ2v) is 9.83. The van der Waals surface area contributed by atoms with Gasteiger partial charge in [0.05, 0.1) is 25.4 Å². The van der Waals surface area contributed by atoms with E-state index in [9.17, 15) is 30.6 Å². The Kier molecular flexibility index (Phi) is 10.2. The highest BCUT2D eigenvalue weighted by Gasteiger charge is 2.41. The van der Waals surface area contributed by atoms with Gasteiger partial charge in [-0.15, -0.1) is 0 Å². The van der Waals surface area contributed by atoms with Crippen LogP contribution in [0.1, 0.15) is 23.7 Å². The molecule has 10 unspecified atom stereocenters. The van der Waals surface area contributed by atoms with Crippen LogP contribution in [0, 0.1) is 0 Å². The molecule has 4 rings (SSSR count). The van der Waals surface area contributed by atoms with Gasteiger partial charge in [0.15, 0.2) is 12.6 Å². The SMILES string of the molecule is CN(CC(O)C(O)C1OC(c2ccccc2)OCC1O)CC(O)C(O)C1OC(c2ccccc2)OCC1O. The highest BCUT2D eigenvalue weighted by molar-refractivity contribution is 5.17. The molecule has 0 saturated carbocycles. The number of aliphatic hydroxyl groups excluding tert-OH is 6. The Bertz CT molecular complexity index is 891. The highest BCUT2D eigenvalue weighted by Crippen LogP contribution is 2.30. The topological polar surface area (TPSA) is 162 Å². The molecule has 2 aromatic carbocycles. The minimum absolute atomic E-state index is 0.0772. The molecular weight excluding hydrogens is 498 g/mol. The van der Waals surface area contributed by atoms with Gasteiger partial charge >= 0.3 is 0 Å². The molecule has 0 amide bonds. The van der Waals surface area contributed by atoms with Crippen LogP contribution in [0.25, 0.3) is 0 Å². The number of hydrogen-bond acceptors (Lipinski definition) is 11. The number of nitrogens with zero attached hydrogens (tertiary/aromatic N) is 1. The van der Waals surface area contributed by atoms with E-state index in [1.807, 2.05) is 36.4 Å². The van der Waals surface area contributed by atoms with E-state index in [0.29, 0.717) is 11.1 Å². The number of rotatable bonds is 10. The predicted molar refractivity (Wildman–Crippen MR) is 134 cm³/mol. The summed E-state index contributed by atoms with van der Waals surface area (Å²) in [5.74, 6) is 0. The molecule has 0 aliphatic carbocycles. The number of ether oxygens (including phenoxy) is 4. The van der Waals surface area contributed by atoms with Gasteiger partial charge in [0.1, 0.15) is 36.6 Å². The van der Waals surface area contributed by atoms with Gasteiger partial charge in [-0.1, -0.05) is 60.7 Å². The van der Waals surface area contributed by atoms with E-state index in [1.54, 1.807) is 31.3 Å². The first-order chi connectivity index (χ1) is 18.2. The molecule has 2 fully saturated rings. The Labute approximate surface area is 221 Å². The Hall–Kier alpha value is -2.00. The average molecular weight is 536 g/mol. The molecule has 11 heteroatoms. The van der Waals surface area contributed by atoms with Gasteiger partial charge in [-0.05, 0) is 7.05 Å². The summed E-state index contributed by atoms with van der Waals surface area (Å²) >= 11 is 0. The number of hydrogen-bond donors (Lipinski definition) is 6. The van der Waals surface area contributed by atoms with Crippen molar-refractivity contribution in [3.63, 3.8) is 0 Å². The maximum absolute atomic E-state index is 10.7. The Morgan fingerprint density at radius 2 is 1.05 bits per heavy atom. The molecule has 11 nitrogen and oxygen atoms in total. The summed E-state index contributed by atoms with van der Waals surface area (Å²) < 4.78 is 22.6. The van der Waals surface area contributed by atoms with E-state index in [4.69, 9.17) is 18.9 Å². The van der Waals surface area contributed by atoms with Crippen molar-refractivity contribution < 1.29 is 49.6 Å². The van der Waals surface area contributed by atoms with Crippen molar-refractivity contribution >= 4 is 0 Å². The fourth-order valence-electron chi connectivity index (χ4n) is 4.66. The van der Waals surface area contributed by atoms with Gasteiger partial charge < -0.3 is 54.5 Å². The first kappa shape index (κ1) is 29.0. The summed E-state index contributed by atoms with van der Waals surface area (Å²) in [6.45, 7) is -0.352. The van der Waals surface area contributed by atoms with E-state index >= 15 is 0 Å². The van der Waals surface area contributed by atoms with Gasteiger partial charge in [-0.25, -0.2) is 0 Å². The van der Waals surface area contributed by atoms with Crippen molar-refractivity contribution in [2.45, 2.75) is 61.4 Å². The molecule has 2 aliphatic rings. The lowest BCUT2D eigenvalue weighted by Crippen LogP contribution is -2.55. The Balaban J connectivity index is 1.29. The quantitative estimate of drug-likeness (QED) is 0.228. The summed E-state index contributed by atoms with van der Waals surface area (Å²) in [6, 6.07) is 18.1. The molecule has 2 aromatic rings. The van der Waals surface area contributed by atoms with Gasteiger partial charge in [0.25, 0.3) is 0 Å². The smallest absolute Gasteiger partial charge is 0.184 e. The van der Waals surface area contributed by atoms with Crippen molar-refractivity contribution in [1.29, 1.82) is 0 Å². The maximum Gasteiger partial charge on any atom is 0.184 e. The summed E-state index contributed by atoms with van der Waals surface area (Å²) in [5.41, 5.74) is 1.43. The molecule has 10 atom stereocenters. The van der Waals surface area contributed by atoms with Crippen LogP contribution in [0.2, 0.25) is 0 Å². The average Bonchev–Trinajstić information content (AvgIpc) is 2.93. The molecule has 0 bridgehead atoms. The molecule has 0 radical (unpaired) electrons. The van der Waals surface area contributed by atoms with Crippen LogP contribution in [0.15, 0.2) is 60.7 Å². The Morgan fingerprint density at radius 1 is 0.684 bits per heavy atom. The minimum Gasteiger partial charge on any atom is -0.389 e. The fraction of sp³-hybridized carbons (Fsp3) is 0.556. The number of aliphatic hydroxyl groups is 6. The van der Waals surface area contributed by atoms with Crippen LogP contribution in [0.3, 0.4) is 0 Å². The van der Waals surface area contributed by atoms with Gasteiger partial charge in [0, 0.05) is 24.2 Å². The van der Waals surface area contributed by atoms with Crippen LogP contribution in [-0.2, 0) is 18.9 Å². The lowest BCUT2D eigenvalue weighted by molar-refractivity contribution is -0.284. The summed E-state index contributed by atoms with van der Waals surface area (Å²) in [6.07, 6.45) is -11.7. The first-order valence-corrected chi connectivity index (χ1v) is 12.7. The van der Waals surface area contributed by atoms with E-state index in [2.05, 4.69) is 0 Å². The molecule has 2 aliphatic heterocycles. The first-order valence-electron chi connectivity index (χ1n) is 12.7. The van der Waals surface area contributed by atoms with Crippen molar-refractivity contribution in [3.05, 3.63) is 71.8 Å². The zero-order valence-corrected chi connectivity index (χ0v) is 21.1. The van der Waals surface area contributed by atoms with Gasteiger partial charge in [-0.2, -0.15) is 0 Å². The standard InChI is InChI=1S/C27H37NO10/c1-28(12-18(29)22(33)24-20(31)14-35-26(37-24)16-8-4-2-5-9-16)13-19(30)23(34)25-21(32)15-36-27(38-25)17-10-6-3-7-11-17/h2-11,18-27,29-34H,12-15H2,1H3. The molecule has 2 saturated heterocycles. The van der Waals surface area contributed by atoms with E-state index in [-0.39, 0.29) is 26.3 Å². The maximum atomic E-state index is 10.7. The summed E-state index contributed by atoms with van der Waals surface area (Å²) in [4.78, 5) is 1.52. The second kappa shape index (κ2) is 13.4. The van der Waals surface area contributed by atoms with Crippen molar-refractivity contribution in [3.8, 4) is 0 Å². The van der Waals surface area contributed by atoms with Gasteiger partial charge in [-0.3, -0.25) is 0 Å². The van der Waals surface area contributed by atoms with Gasteiger partial charge in [0.2, 0.25) is 0 Å². The summed E-state index contributed by atoms with van der Waals surface area (Å²) in [5, 5.41) is 63.5. The van der Waals surface area contributed by atoms with Crippen LogP contribution >= 0.6 is 0 Å². The lowest BCUT2D eigenvalue weighted by atomic mass is 10.00. The second-order valence-electron chi connectivity index (χ2n) is 9.83. The third-order valence-corrected chi connectivity index (χ3v) is 6.76. The van der Waals surface area contributed by atoms with Crippen LogP contribution < -0.4 is 0 Å². The molecule has 0 spiro atoms. The normalized spacial score (nSPS) is 31.5. The zero-order chi connectivity index (χ0) is 27.2. The molecule has 0 aromatic heterocycles. The van der Waals surface area contributed by atoms with Crippen molar-refractivity contribution in [2.75, 3.05) is 33.4 Å². The molecular formula is C27H37NO10. The summed E-state index contributed by atoms with van der Waals surface area (Å²) in [7, 11) is 1.59. The van der Waals surface area contributed by atoms with E-state index in [0.717, 1.165) is 0 Å². The van der Waals surface area contributed by atoms with Crippen LogP contribution in [0.4, 0.5) is 0 Å². The Morgan fingerprint density at radius 3 is 1.42 bits per heavy atom. The van der Waals surface area contributed by atoms with Crippen molar-refractivity contribution in [1.82, 2.24) is 4.90 Å². The largest absolute Gasteiger partial charge is 0.389 e. The predicted octanol–water partition coefficient (Wildman–Crippen LogP) is -0.688. The van der Waals surface area contributed by atoms with Crippen LogP contribution in [0.5, 0.6) is 0 Å². The third kappa shape index (κ3) is 7.14. The monoisotopic (exact) mass is 535 g/mol. The van der Waals surface area contributed by atoms with E-state index in [1.165, 1.54) is 4.90 Å². The highest BCUT2D eigenvalue weighted by atomic mass is 16.7. The molecule has 6 N–H and O–H groups in total. The molecule has 210 valence electrons. The zero-order valence-electron chi connectivity index (χ0n) is 21.1. The minimum atomic E-state index is -1.45. The van der Waals surface area contributed by atoms with Crippen molar-refractivity contribution in [2.24, 2.45) is 0 Å². The number of benzene rings is 2. The lowest BCUT2D eigenvalue weighted by Gasteiger charge is -2.39. The van der Waals surface area contributed by atoms with Crippen LogP contribution in [-0.4, -0.2) is 118 Å².